The van der Waals surface area contributed by atoms with Crippen molar-refractivity contribution in [3.05, 3.63) is 0 Å². The summed E-state index contributed by atoms with van der Waals surface area (Å²) < 4.78 is 4.73. The average Bonchev–Trinajstić information content (AvgIpc) is 1.85. The highest BCUT2D eigenvalue weighted by molar-refractivity contribution is 9.09. The predicted octanol–water partition coefficient (Wildman–Crippen LogP) is 2.11. The van der Waals surface area contributed by atoms with E-state index in [0.717, 1.165) is 6.42 Å². The Kier molecular flexibility index (Phi) is 5.69. The van der Waals surface area contributed by atoms with Crippen LogP contribution in [0.1, 0.15) is 26.7 Å². The first-order chi connectivity index (χ1) is 4.66. The van der Waals surface area contributed by atoms with E-state index in [1.165, 1.54) is 0 Å². The van der Waals surface area contributed by atoms with Gasteiger partial charge in [-0.1, -0.05) is 22.9 Å². The third-order valence-electron chi connectivity index (χ3n) is 1.05. The summed E-state index contributed by atoms with van der Waals surface area (Å²) in [6, 6.07) is 0. The number of alkyl halides is 1. The van der Waals surface area contributed by atoms with Crippen molar-refractivity contribution in [2.45, 2.75) is 31.5 Å². The lowest BCUT2D eigenvalue weighted by atomic mass is 10.2. The van der Waals surface area contributed by atoms with Crippen LogP contribution in [0.2, 0.25) is 0 Å². The summed E-state index contributed by atoms with van der Waals surface area (Å²) >= 11 is 3.35. The van der Waals surface area contributed by atoms with Crippen molar-refractivity contribution >= 4 is 21.9 Å². The highest BCUT2D eigenvalue weighted by atomic mass is 79.9. The van der Waals surface area contributed by atoms with E-state index in [2.05, 4.69) is 15.9 Å². The molecule has 0 aromatic heterocycles. The molecule has 0 bridgehead atoms. The quantitative estimate of drug-likeness (QED) is 0.523. The lowest BCUT2D eigenvalue weighted by Crippen LogP contribution is -2.05. The fraction of sp³-hybridized carbons (Fsp3) is 0.857. The maximum Gasteiger partial charge on any atom is 0.305 e. The fourth-order valence-electron chi connectivity index (χ4n) is 0.550. The van der Waals surface area contributed by atoms with Gasteiger partial charge < -0.3 is 4.74 Å². The standard InChI is InChI=1S/C7H13BrO2/c1-3-10-7(9)5-4-6(2)8/h6H,3-5H2,1-2H3/t6-/m1/s1. The molecule has 0 saturated heterocycles. The molecular formula is C7H13BrO2. The Labute approximate surface area is 70.1 Å². The Bertz CT molecular complexity index is 102. The molecule has 0 heterocycles. The maximum atomic E-state index is 10.7. The summed E-state index contributed by atoms with van der Waals surface area (Å²) in [6.45, 7) is 4.31. The molecule has 10 heavy (non-hydrogen) atoms. The van der Waals surface area contributed by atoms with E-state index in [4.69, 9.17) is 4.74 Å². The number of hydrogen-bond donors (Lipinski definition) is 0. The van der Waals surface area contributed by atoms with E-state index in [-0.39, 0.29) is 5.97 Å². The summed E-state index contributed by atoms with van der Waals surface area (Å²) in [4.78, 5) is 11.1. The topological polar surface area (TPSA) is 26.3 Å². The Morgan fingerprint density at radius 1 is 1.70 bits per heavy atom. The van der Waals surface area contributed by atoms with Crippen molar-refractivity contribution in [2.75, 3.05) is 6.61 Å². The Hall–Kier alpha value is -0.0500. The zero-order valence-corrected chi connectivity index (χ0v) is 7.98. The minimum Gasteiger partial charge on any atom is -0.466 e. The van der Waals surface area contributed by atoms with Crippen LogP contribution in [0.4, 0.5) is 0 Å². The van der Waals surface area contributed by atoms with Crippen molar-refractivity contribution in [3.63, 3.8) is 0 Å². The molecule has 0 aliphatic rings. The van der Waals surface area contributed by atoms with Gasteiger partial charge in [0.1, 0.15) is 0 Å². The molecule has 60 valence electrons. The number of carbonyl (C=O) groups excluding carboxylic acids is 1. The molecule has 0 aromatic rings. The van der Waals surface area contributed by atoms with Gasteiger partial charge in [0.05, 0.1) is 6.61 Å². The van der Waals surface area contributed by atoms with Crippen LogP contribution in [0, 0.1) is 0 Å². The Balaban J connectivity index is 3.22. The third kappa shape index (κ3) is 6.08. The molecule has 0 aliphatic heterocycles. The first-order valence-electron chi connectivity index (χ1n) is 3.46. The molecule has 1 atom stereocenters. The zero-order valence-electron chi connectivity index (χ0n) is 6.39. The van der Waals surface area contributed by atoms with Crippen LogP contribution in [0.15, 0.2) is 0 Å². The molecule has 0 N–H and O–H groups in total. The van der Waals surface area contributed by atoms with E-state index >= 15 is 0 Å². The number of halogens is 1. The Morgan fingerprint density at radius 2 is 2.30 bits per heavy atom. The van der Waals surface area contributed by atoms with Crippen molar-refractivity contribution in [1.82, 2.24) is 0 Å². The number of carbonyl (C=O) groups is 1. The molecule has 2 nitrogen and oxygen atoms in total. The molecule has 0 saturated carbocycles. The SMILES string of the molecule is CCOC(=O)CC[C@@H](C)Br. The van der Waals surface area contributed by atoms with E-state index < -0.39 is 0 Å². The van der Waals surface area contributed by atoms with Gasteiger partial charge in [-0.3, -0.25) is 4.79 Å². The second kappa shape index (κ2) is 5.71. The van der Waals surface area contributed by atoms with Gasteiger partial charge in [-0.2, -0.15) is 0 Å². The molecule has 3 heteroatoms. The first kappa shape index (κ1) is 9.95. The normalized spacial score (nSPS) is 12.7. The van der Waals surface area contributed by atoms with Gasteiger partial charge in [-0.05, 0) is 13.3 Å². The molecule has 0 unspecified atom stereocenters. The summed E-state index contributed by atoms with van der Waals surface area (Å²) in [5.74, 6) is -0.103. The van der Waals surface area contributed by atoms with Gasteiger partial charge >= 0.3 is 5.97 Å². The van der Waals surface area contributed by atoms with E-state index in [0.29, 0.717) is 17.9 Å². The molecule has 0 aliphatic carbocycles. The molecule has 0 fully saturated rings. The van der Waals surface area contributed by atoms with Crippen LogP contribution in [-0.2, 0) is 9.53 Å². The number of hydrogen-bond acceptors (Lipinski definition) is 2. The molecule has 0 aromatic carbocycles. The second-order valence-corrected chi connectivity index (χ2v) is 3.69. The summed E-state index contributed by atoms with van der Waals surface area (Å²) in [5, 5.41) is 0. The molecule has 0 spiro atoms. The summed E-state index contributed by atoms with van der Waals surface area (Å²) in [5.41, 5.74) is 0. The number of esters is 1. The van der Waals surface area contributed by atoms with Gasteiger partial charge in [0, 0.05) is 11.2 Å². The van der Waals surface area contributed by atoms with Gasteiger partial charge in [-0.15, -0.1) is 0 Å². The smallest absolute Gasteiger partial charge is 0.305 e. The largest absolute Gasteiger partial charge is 0.466 e. The highest BCUT2D eigenvalue weighted by Gasteiger charge is 2.03. The number of ether oxygens (including phenoxy) is 1. The molecule has 0 radical (unpaired) electrons. The summed E-state index contributed by atoms with van der Waals surface area (Å²) in [7, 11) is 0. The van der Waals surface area contributed by atoms with Crippen LogP contribution in [0.3, 0.4) is 0 Å². The minimum atomic E-state index is -0.103. The van der Waals surface area contributed by atoms with Gasteiger partial charge in [0.25, 0.3) is 0 Å². The minimum absolute atomic E-state index is 0.103. The monoisotopic (exact) mass is 208 g/mol. The van der Waals surface area contributed by atoms with E-state index in [1.54, 1.807) is 0 Å². The van der Waals surface area contributed by atoms with Crippen LogP contribution in [0.25, 0.3) is 0 Å². The van der Waals surface area contributed by atoms with Gasteiger partial charge in [0.15, 0.2) is 0 Å². The first-order valence-corrected chi connectivity index (χ1v) is 4.38. The average molecular weight is 209 g/mol. The van der Waals surface area contributed by atoms with Crippen LogP contribution >= 0.6 is 15.9 Å². The second-order valence-electron chi connectivity index (χ2n) is 2.12. The zero-order chi connectivity index (χ0) is 7.98. The van der Waals surface area contributed by atoms with E-state index in [1.807, 2.05) is 13.8 Å². The van der Waals surface area contributed by atoms with Crippen molar-refractivity contribution < 1.29 is 9.53 Å². The maximum absolute atomic E-state index is 10.7. The van der Waals surface area contributed by atoms with Crippen molar-refractivity contribution in [2.24, 2.45) is 0 Å². The summed E-state index contributed by atoms with van der Waals surface area (Å²) in [6.07, 6.45) is 1.36. The fourth-order valence-corrected chi connectivity index (χ4v) is 0.779. The predicted molar refractivity (Wildman–Crippen MR) is 44.3 cm³/mol. The van der Waals surface area contributed by atoms with Gasteiger partial charge in [-0.25, -0.2) is 0 Å². The Morgan fingerprint density at radius 3 is 2.70 bits per heavy atom. The number of rotatable bonds is 4. The third-order valence-corrected chi connectivity index (χ3v) is 1.51. The van der Waals surface area contributed by atoms with Crippen molar-refractivity contribution in [3.8, 4) is 0 Å². The van der Waals surface area contributed by atoms with E-state index in [9.17, 15) is 4.79 Å². The molecule has 0 amide bonds. The van der Waals surface area contributed by atoms with Crippen LogP contribution < -0.4 is 0 Å². The van der Waals surface area contributed by atoms with Gasteiger partial charge in [0.2, 0.25) is 0 Å². The molecular weight excluding hydrogens is 196 g/mol. The molecule has 0 rings (SSSR count). The lowest BCUT2D eigenvalue weighted by molar-refractivity contribution is -0.143. The van der Waals surface area contributed by atoms with Crippen LogP contribution in [-0.4, -0.2) is 17.4 Å². The highest BCUT2D eigenvalue weighted by Crippen LogP contribution is 2.06. The van der Waals surface area contributed by atoms with Crippen molar-refractivity contribution in [1.29, 1.82) is 0 Å². The van der Waals surface area contributed by atoms with Crippen LogP contribution in [0.5, 0.6) is 0 Å². The lowest BCUT2D eigenvalue weighted by Gasteiger charge is -2.01.